The lowest BCUT2D eigenvalue weighted by Crippen LogP contribution is -2.38. The number of nitrogens with zero attached hydrogens (tertiary/aromatic N) is 6. The second-order valence-electron chi connectivity index (χ2n) is 8.06. The maximum atomic E-state index is 12.4. The first-order valence-electron chi connectivity index (χ1n) is 11.2. The Labute approximate surface area is 193 Å². The number of amides is 1. The summed E-state index contributed by atoms with van der Waals surface area (Å²) in [4.78, 5) is 25.6. The van der Waals surface area contributed by atoms with E-state index < -0.39 is 0 Å². The zero-order chi connectivity index (χ0) is 23.0. The largest absolute Gasteiger partial charge is 0.463 e. The van der Waals surface area contributed by atoms with Crippen molar-refractivity contribution in [2.45, 2.75) is 32.9 Å². The van der Waals surface area contributed by atoms with Crippen LogP contribution < -0.4 is 20.8 Å². The van der Waals surface area contributed by atoms with Crippen molar-refractivity contribution in [3.05, 3.63) is 35.4 Å². The van der Waals surface area contributed by atoms with Crippen LogP contribution >= 0.6 is 0 Å². The highest BCUT2D eigenvalue weighted by atomic mass is 16.5. The van der Waals surface area contributed by atoms with Gasteiger partial charge in [-0.05, 0) is 17.5 Å². The molecule has 3 N–H and O–H groups in total. The van der Waals surface area contributed by atoms with Gasteiger partial charge in [-0.15, -0.1) is 5.11 Å². The molecule has 2 aromatic rings. The van der Waals surface area contributed by atoms with E-state index in [0.29, 0.717) is 24.7 Å². The van der Waals surface area contributed by atoms with Gasteiger partial charge in [0.15, 0.2) is 5.82 Å². The molecule has 1 amide bonds. The highest BCUT2D eigenvalue weighted by Gasteiger charge is 2.28. The third-order valence-electron chi connectivity index (χ3n) is 5.50. The summed E-state index contributed by atoms with van der Waals surface area (Å²) >= 11 is 0. The average molecular weight is 455 g/mol. The smallest absolute Gasteiger partial charge is 0.320 e. The molecule has 2 aliphatic heterocycles. The van der Waals surface area contributed by atoms with Gasteiger partial charge < -0.3 is 25.5 Å². The first-order chi connectivity index (χ1) is 16.2. The summed E-state index contributed by atoms with van der Waals surface area (Å²) < 4.78 is 11.2. The van der Waals surface area contributed by atoms with Gasteiger partial charge in [0.1, 0.15) is 5.69 Å². The van der Waals surface area contributed by atoms with Gasteiger partial charge in [0, 0.05) is 26.2 Å². The molecule has 0 bridgehead atoms. The molecule has 0 aliphatic carbocycles. The fourth-order valence-electron chi connectivity index (χ4n) is 3.88. The van der Waals surface area contributed by atoms with E-state index in [1.54, 1.807) is 0 Å². The lowest BCUT2D eigenvalue weighted by Gasteiger charge is -2.30. The van der Waals surface area contributed by atoms with Crippen molar-refractivity contribution in [2.75, 3.05) is 49.7 Å². The Morgan fingerprint density at radius 2 is 2.00 bits per heavy atom. The van der Waals surface area contributed by atoms with Crippen molar-refractivity contribution in [1.29, 1.82) is 0 Å². The monoisotopic (exact) mass is 454 g/mol. The number of aromatic nitrogens is 2. The number of ether oxygens (including phenoxy) is 2. The third kappa shape index (κ3) is 5.93. The van der Waals surface area contributed by atoms with Gasteiger partial charge in [0.05, 0.1) is 26.4 Å². The van der Waals surface area contributed by atoms with Gasteiger partial charge in [-0.2, -0.15) is 9.97 Å². The molecule has 1 saturated heterocycles. The number of benzene rings is 1. The number of carbonyl (C=O) groups excluding carboxylic acids is 1. The van der Waals surface area contributed by atoms with Crippen LogP contribution in [0.3, 0.4) is 0 Å². The molecule has 1 aromatic carbocycles. The van der Waals surface area contributed by atoms with Crippen LogP contribution in [0.5, 0.6) is 6.01 Å². The molecule has 0 spiro atoms. The Morgan fingerprint density at radius 1 is 1.21 bits per heavy atom. The van der Waals surface area contributed by atoms with Crippen molar-refractivity contribution in [3.8, 4) is 6.01 Å². The predicted octanol–water partition coefficient (Wildman–Crippen LogP) is 2.40. The molecular weight excluding hydrogens is 424 g/mol. The van der Waals surface area contributed by atoms with Crippen LogP contribution in [0.1, 0.15) is 30.9 Å². The first-order valence-corrected chi connectivity index (χ1v) is 11.2. The lowest BCUT2D eigenvalue weighted by molar-refractivity contribution is -0.115. The molecule has 176 valence electrons. The third-order valence-corrected chi connectivity index (χ3v) is 5.50. The number of rotatable bonds is 9. The number of fused-ring (bicyclic) bond motifs is 1. The van der Waals surface area contributed by atoms with Crippen LogP contribution in [0.15, 0.2) is 34.6 Å². The zero-order valence-electron chi connectivity index (χ0n) is 18.9. The van der Waals surface area contributed by atoms with Crippen LogP contribution in [0, 0.1) is 0 Å². The van der Waals surface area contributed by atoms with Crippen LogP contribution in [-0.2, 0) is 22.6 Å². The second-order valence-corrected chi connectivity index (χ2v) is 8.06. The zero-order valence-corrected chi connectivity index (χ0v) is 18.9. The molecule has 33 heavy (non-hydrogen) atoms. The van der Waals surface area contributed by atoms with Gasteiger partial charge in [-0.3, -0.25) is 9.69 Å². The molecule has 3 heterocycles. The maximum absolute atomic E-state index is 12.4. The molecule has 11 nitrogen and oxygen atoms in total. The summed E-state index contributed by atoms with van der Waals surface area (Å²) in [5.41, 5.74) is 2.68. The predicted molar refractivity (Wildman–Crippen MR) is 123 cm³/mol. The number of unbranched alkanes of at least 4 members (excludes halogenated alkanes) is 1. The van der Waals surface area contributed by atoms with E-state index >= 15 is 0 Å². The van der Waals surface area contributed by atoms with Crippen LogP contribution in [0.25, 0.3) is 0 Å². The molecule has 2 aliphatic rings. The van der Waals surface area contributed by atoms with Crippen molar-refractivity contribution in [3.63, 3.8) is 0 Å². The summed E-state index contributed by atoms with van der Waals surface area (Å²) in [7, 11) is 0. The number of morpholine rings is 1. The fraction of sp³-hybridized carbons (Fsp3) is 0.500. The van der Waals surface area contributed by atoms with Gasteiger partial charge in [0.25, 0.3) is 0 Å². The number of anilines is 2. The Morgan fingerprint density at radius 3 is 2.76 bits per heavy atom. The summed E-state index contributed by atoms with van der Waals surface area (Å²) in [6.07, 6.45) is 1.87. The number of carbonyl (C=O) groups is 1. The Bertz CT molecular complexity index is 994. The minimum atomic E-state index is -0.177. The minimum Gasteiger partial charge on any atom is -0.463 e. The van der Waals surface area contributed by atoms with Crippen LogP contribution in [-0.4, -0.2) is 60.2 Å². The van der Waals surface area contributed by atoms with E-state index in [0.717, 1.165) is 51.3 Å². The first kappa shape index (κ1) is 22.9. The average Bonchev–Trinajstić information content (AvgIpc) is 2.81. The molecule has 0 radical (unpaired) electrons. The van der Waals surface area contributed by atoms with E-state index in [-0.39, 0.29) is 24.3 Å². The molecule has 0 unspecified atom stereocenters. The molecule has 1 fully saturated rings. The Balaban J connectivity index is 1.57. The van der Waals surface area contributed by atoms with E-state index in [9.17, 15) is 4.79 Å². The van der Waals surface area contributed by atoms with Gasteiger partial charge in [-0.25, -0.2) is 0 Å². The minimum absolute atomic E-state index is 0.158. The summed E-state index contributed by atoms with van der Waals surface area (Å²) in [5, 5.41) is 10.0. The standard InChI is InChI=1S/C22H30N8O3/c1-2-3-9-33-22-25-20(27-28-23)19-21(26-22)30(15-18(31)24-19)14-17-6-4-5-16(12-17)13-29-7-10-32-11-8-29/h4-6,12H,2-3,7-11,13-15H2,1H3,(H,24,31)(H2,23,25,26,27). The molecule has 0 saturated carbocycles. The maximum Gasteiger partial charge on any atom is 0.320 e. The Kier molecular flexibility index (Phi) is 7.63. The molecule has 0 atom stereocenters. The van der Waals surface area contributed by atoms with E-state index in [4.69, 9.17) is 15.3 Å². The van der Waals surface area contributed by atoms with Gasteiger partial charge >= 0.3 is 6.01 Å². The number of nitrogens with two attached hydrogens (primary N) is 1. The number of hydrogen-bond donors (Lipinski definition) is 2. The fourth-order valence-corrected chi connectivity index (χ4v) is 3.88. The van der Waals surface area contributed by atoms with Crippen molar-refractivity contribution < 1.29 is 14.3 Å². The Hall–Kier alpha value is -3.31. The summed E-state index contributed by atoms with van der Waals surface area (Å²) in [5.74, 6) is 5.81. The highest BCUT2D eigenvalue weighted by Crippen LogP contribution is 2.37. The quantitative estimate of drug-likeness (QED) is 0.256. The molecular formula is C22H30N8O3. The topological polar surface area (TPSA) is 131 Å². The van der Waals surface area contributed by atoms with E-state index in [1.807, 2.05) is 11.0 Å². The van der Waals surface area contributed by atoms with Crippen molar-refractivity contribution in [1.82, 2.24) is 14.9 Å². The molecule has 1 aromatic heterocycles. The highest BCUT2D eigenvalue weighted by molar-refractivity contribution is 6.02. The van der Waals surface area contributed by atoms with E-state index in [1.165, 1.54) is 5.56 Å². The van der Waals surface area contributed by atoms with Crippen LogP contribution in [0.2, 0.25) is 0 Å². The molecule has 4 rings (SSSR count). The van der Waals surface area contributed by atoms with Crippen molar-refractivity contribution in [2.24, 2.45) is 16.2 Å². The summed E-state index contributed by atoms with van der Waals surface area (Å²) in [6, 6.07) is 8.57. The van der Waals surface area contributed by atoms with Gasteiger partial charge in [-0.1, -0.05) is 42.8 Å². The van der Waals surface area contributed by atoms with Crippen molar-refractivity contribution >= 4 is 23.2 Å². The normalized spacial score (nSPS) is 16.6. The molecule has 11 heteroatoms. The summed E-state index contributed by atoms with van der Waals surface area (Å²) in [6.45, 7) is 7.49. The van der Waals surface area contributed by atoms with Gasteiger partial charge in [0.2, 0.25) is 11.7 Å². The second kappa shape index (κ2) is 11.0. The number of nitrogens with one attached hydrogen (secondary N) is 1. The number of hydrogen-bond acceptors (Lipinski definition) is 9. The lowest BCUT2D eigenvalue weighted by atomic mass is 10.1. The SMILES string of the molecule is CCCCOc1nc(N=NN)c2c(n1)N(Cc1cccc(CN3CCOCC3)c1)CC(=O)N2. The van der Waals surface area contributed by atoms with E-state index in [2.05, 4.69) is 55.6 Å². The van der Waals surface area contributed by atoms with Crippen LogP contribution in [0.4, 0.5) is 17.3 Å².